The van der Waals surface area contributed by atoms with Gasteiger partial charge >= 0.3 is 0 Å². The highest BCUT2D eigenvalue weighted by atomic mass is 32.2. The third-order valence-electron chi connectivity index (χ3n) is 5.05. The van der Waals surface area contributed by atoms with Gasteiger partial charge in [0.1, 0.15) is 0 Å². The first kappa shape index (κ1) is 19.5. The van der Waals surface area contributed by atoms with Crippen molar-refractivity contribution in [3.8, 4) is 0 Å². The average molecular weight is 388 g/mol. The van der Waals surface area contributed by atoms with Crippen molar-refractivity contribution in [2.75, 3.05) is 27.2 Å². The maximum Gasteiger partial charge on any atom is 0.264 e. The molecule has 0 N–H and O–H groups in total. The number of amides is 1. The standard InChI is InChI=1S/C20H24N2O4S/c1-21(26-2)27(24,25)19-10-8-18(9-11-19)20(23)22-14-12-17(13-15-22)16-6-4-3-5-7-16/h3-11,17H,12-15H2,1-2H3. The zero-order valence-corrected chi connectivity index (χ0v) is 16.4. The second-order valence-electron chi connectivity index (χ2n) is 6.60. The fourth-order valence-corrected chi connectivity index (χ4v) is 4.31. The van der Waals surface area contributed by atoms with Crippen LogP contribution >= 0.6 is 0 Å². The number of hydrogen-bond acceptors (Lipinski definition) is 4. The quantitative estimate of drug-likeness (QED) is 0.739. The average Bonchev–Trinajstić information content (AvgIpc) is 2.73. The van der Waals surface area contributed by atoms with Gasteiger partial charge in [0.25, 0.3) is 15.9 Å². The molecule has 6 nitrogen and oxygen atoms in total. The Morgan fingerprint density at radius 3 is 2.19 bits per heavy atom. The van der Waals surface area contributed by atoms with Gasteiger partial charge in [-0.05, 0) is 48.6 Å². The minimum atomic E-state index is -3.71. The van der Waals surface area contributed by atoms with Crippen molar-refractivity contribution in [2.24, 2.45) is 0 Å². The molecule has 1 heterocycles. The highest BCUT2D eigenvalue weighted by molar-refractivity contribution is 7.89. The molecule has 1 aliphatic rings. The van der Waals surface area contributed by atoms with Gasteiger partial charge in [0.15, 0.2) is 0 Å². The second-order valence-corrected chi connectivity index (χ2v) is 8.53. The predicted molar refractivity (Wildman–Crippen MR) is 103 cm³/mol. The zero-order valence-electron chi connectivity index (χ0n) is 15.5. The Balaban J connectivity index is 1.65. The first-order chi connectivity index (χ1) is 12.9. The van der Waals surface area contributed by atoms with E-state index in [-0.39, 0.29) is 10.8 Å². The molecule has 0 aromatic heterocycles. The topological polar surface area (TPSA) is 66.9 Å². The normalized spacial score (nSPS) is 15.9. The monoisotopic (exact) mass is 388 g/mol. The molecule has 1 aliphatic heterocycles. The number of sulfonamides is 1. The van der Waals surface area contributed by atoms with Crippen LogP contribution in [0.3, 0.4) is 0 Å². The molecule has 1 amide bonds. The fraction of sp³-hybridized carbons (Fsp3) is 0.350. The van der Waals surface area contributed by atoms with Crippen LogP contribution in [0.2, 0.25) is 0 Å². The Labute approximate surface area is 160 Å². The summed E-state index contributed by atoms with van der Waals surface area (Å²) in [5.74, 6) is 0.415. The van der Waals surface area contributed by atoms with Gasteiger partial charge in [-0.1, -0.05) is 34.8 Å². The Morgan fingerprint density at radius 1 is 1.04 bits per heavy atom. The van der Waals surface area contributed by atoms with Crippen molar-refractivity contribution in [3.63, 3.8) is 0 Å². The zero-order chi connectivity index (χ0) is 19.4. The molecular weight excluding hydrogens is 364 g/mol. The first-order valence-corrected chi connectivity index (χ1v) is 10.3. The van der Waals surface area contributed by atoms with Gasteiger partial charge < -0.3 is 4.90 Å². The van der Waals surface area contributed by atoms with Gasteiger partial charge in [-0.25, -0.2) is 8.42 Å². The number of likely N-dealkylation sites (tertiary alicyclic amines) is 1. The van der Waals surface area contributed by atoms with Crippen molar-refractivity contribution in [3.05, 3.63) is 65.7 Å². The maximum absolute atomic E-state index is 12.7. The van der Waals surface area contributed by atoms with E-state index in [4.69, 9.17) is 4.84 Å². The number of carbonyl (C=O) groups excluding carboxylic acids is 1. The molecule has 0 radical (unpaired) electrons. The van der Waals surface area contributed by atoms with Crippen LogP contribution < -0.4 is 0 Å². The van der Waals surface area contributed by atoms with Crippen LogP contribution in [0.4, 0.5) is 0 Å². The molecule has 0 aliphatic carbocycles. The minimum absolute atomic E-state index is 0.0643. The lowest BCUT2D eigenvalue weighted by Crippen LogP contribution is -2.37. The Bertz CT molecular complexity index is 874. The molecule has 0 atom stereocenters. The van der Waals surface area contributed by atoms with Crippen molar-refractivity contribution < 1.29 is 18.0 Å². The lowest BCUT2D eigenvalue weighted by molar-refractivity contribution is -0.0258. The summed E-state index contributed by atoms with van der Waals surface area (Å²) in [7, 11) is -1.10. The number of hydrogen-bond donors (Lipinski definition) is 0. The number of nitrogens with zero attached hydrogens (tertiary/aromatic N) is 2. The van der Waals surface area contributed by atoms with Crippen molar-refractivity contribution in [1.29, 1.82) is 0 Å². The van der Waals surface area contributed by atoms with Crippen molar-refractivity contribution >= 4 is 15.9 Å². The van der Waals surface area contributed by atoms with Crippen LogP contribution in [0, 0.1) is 0 Å². The predicted octanol–water partition coefficient (Wildman–Crippen LogP) is 2.89. The SMILES string of the molecule is CON(C)S(=O)(=O)c1ccc(C(=O)N2CCC(c3ccccc3)CC2)cc1. The first-order valence-electron chi connectivity index (χ1n) is 8.91. The number of hydroxylamine groups is 1. The number of piperidine rings is 1. The van der Waals surface area contributed by atoms with Gasteiger partial charge in [-0.3, -0.25) is 9.63 Å². The summed E-state index contributed by atoms with van der Waals surface area (Å²) >= 11 is 0. The molecule has 2 aromatic rings. The molecule has 0 bridgehead atoms. The molecule has 0 unspecified atom stereocenters. The van der Waals surface area contributed by atoms with E-state index < -0.39 is 10.0 Å². The van der Waals surface area contributed by atoms with Crippen LogP contribution in [0.15, 0.2) is 59.5 Å². The summed E-state index contributed by atoms with van der Waals surface area (Å²) in [6, 6.07) is 16.4. The van der Waals surface area contributed by atoms with E-state index in [1.54, 1.807) is 12.1 Å². The van der Waals surface area contributed by atoms with Gasteiger partial charge in [0.2, 0.25) is 0 Å². The Hall–Kier alpha value is -2.22. The molecule has 0 spiro atoms. The number of carbonyl (C=O) groups is 1. The summed E-state index contributed by atoms with van der Waals surface area (Å²) in [4.78, 5) is 19.4. The minimum Gasteiger partial charge on any atom is -0.339 e. The molecular formula is C20H24N2O4S. The Morgan fingerprint density at radius 2 is 1.63 bits per heavy atom. The molecule has 144 valence electrons. The van der Waals surface area contributed by atoms with Gasteiger partial charge in [-0.2, -0.15) is 0 Å². The highest BCUT2D eigenvalue weighted by Gasteiger charge is 2.25. The van der Waals surface area contributed by atoms with E-state index in [1.807, 2.05) is 23.1 Å². The third-order valence-corrected chi connectivity index (χ3v) is 6.74. The fourth-order valence-electron chi connectivity index (χ4n) is 3.34. The van der Waals surface area contributed by atoms with Gasteiger partial charge in [-0.15, -0.1) is 0 Å². The van der Waals surface area contributed by atoms with Crippen LogP contribution in [-0.4, -0.2) is 50.9 Å². The summed E-state index contributed by atoms with van der Waals surface area (Å²) in [6.45, 7) is 1.40. The van der Waals surface area contributed by atoms with Crippen LogP contribution in [0.5, 0.6) is 0 Å². The van der Waals surface area contributed by atoms with E-state index in [0.29, 0.717) is 24.6 Å². The van der Waals surface area contributed by atoms with Gasteiger partial charge in [0.05, 0.1) is 12.0 Å². The molecule has 27 heavy (non-hydrogen) atoms. The maximum atomic E-state index is 12.7. The summed E-state index contributed by atoms with van der Waals surface area (Å²) in [5.41, 5.74) is 1.81. The van der Waals surface area contributed by atoms with E-state index in [1.165, 1.54) is 31.9 Å². The molecule has 3 rings (SSSR count). The smallest absolute Gasteiger partial charge is 0.264 e. The highest BCUT2D eigenvalue weighted by Crippen LogP contribution is 2.28. The molecule has 1 saturated heterocycles. The lowest BCUT2D eigenvalue weighted by Gasteiger charge is -2.32. The molecule has 1 fully saturated rings. The van der Waals surface area contributed by atoms with Crippen LogP contribution in [0.25, 0.3) is 0 Å². The van der Waals surface area contributed by atoms with E-state index in [2.05, 4.69) is 12.1 Å². The number of rotatable bonds is 5. The third kappa shape index (κ3) is 4.21. The van der Waals surface area contributed by atoms with Crippen LogP contribution in [0.1, 0.15) is 34.7 Å². The number of benzene rings is 2. The van der Waals surface area contributed by atoms with Crippen LogP contribution in [-0.2, 0) is 14.9 Å². The summed E-state index contributed by atoms with van der Waals surface area (Å²) in [6.07, 6.45) is 1.86. The second kappa shape index (κ2) is 8.21. The summed E-state index contributed by atoms with van der Waals surface area (Å²) in [5, 5.41) is 0. The summed E-state index contributed by atoms with van der Waals surface area (Å²) < 4.78 is 25.2. The van der Waals surface area contributed by atoms with Crippen molar-refractivity contribution in [2.45, 2.75) is 23.7 Å². The van der Waals surface area contributed by atoms with E-state index >= 15 is 0 Å². The van der Waals surface area contributed by atoms with Gasteiger partial charge in [0, 0.05) is 25.7 Å². The lowest BCUT2D eigenvalue weighted by atomic mass is 9.89. The molecule has 7 heteroatoms. The van der Waals surface area contributed by atoms with Crippen molar-refractivity contribution in [1.82, 2.24) is 9.37 Å². The molecule has 0 saturated carbocycles. The largest absolute Gasteiger partial charge is 0.339 e. The van der Waals surface area contributed by atoms with E-state index in [0.717, 1.165) is 17.3 Å². The Kier molecular flexibility index (Phi) is 5.94. The van der Waals surface area contributed by atoms with E-state index in [9.17, 15) is 13.2 Å². The molecule has 2 aromatic carbocycles.